The summed E-state index contributed by atoms with van der Waals surface area (Å²) in [5.74, 6) is -0.892. The number of nitrogens with one attached hydrogen (secondary N) is 1. The van der Waals surface area contributed by atoms with Crippen molar-refractivity contribution in [3.8, 4) is 16.8 Å². The summed E-state index contributed by atoms with van der Waals surface area (Å²) in [6.07, 6.45) is 0. The molecule has 0 atom stereocenters. The maximum Gasteiger partial charge on any atom is 0.266 e. The van der Waals surface area contributed by atoms with Gasteiger partial charge in [-0.1, -0.05) is 59.6 Å². The highest BCUT2D eigenvalue weighted by molar-refractivity contribution is 7.92. The number of sulfonamides is 1. The van der Waals surface area contributed by atoms with Gasteiger partial charge in [0.05, 0.1) is 21.7 Å². The molecule has 0 saturated heterocycles. The molecule has 0 unspecified atom stereocenters. The number of anilines is 1. The zero-order valence-electron chi connectivity index (χ0n) is 16.5. The average Bonchev–Trinajstić information content (AvgIpc) is 3.42. The molecule has 33 heavy (non-hydrogen) atoms. The number of benzene rings is 3. The van der Waals surface area contributed by atoms with Crippen LogP contribution >= 0.6 is 34.5 Å². The van der Waals surface area contributed by atoms with E-state index in [0.717, 1.165) is 23.3 Å². The van der Waals surface area contributed by atoms with Gasteiger partial charge in [0.15, 0.2) is 11.0 Å². The maximum atomic E-state index is 15.0. The van der Waals surface area contributed by atoms with E-state index in [-0.39, 0.29) is 21.7 Å². The number of rotatable bonds is 5. The molecule has 1 N–H and O–H groups in total. The van der Waals surface area contributed by atoms with Crippen LogP contribution in [0.2, 0.25) is 10.2 Å². The zero-order valence-corrected chi connectivity index (χ0v) is 19.7. The number of hydrogen-bond acceptors (Lipinski definition) is 5. The Morgan fingerprint density at radius 2 is 1.79 bits per heavy atom. The Balaban J connectivity index is 1.58. The molecular formula is C22H13Cl2FN4O2S2. The quantitative estimate of drug-likeness (QED) is 0.292. The highest BCUT2D eigenvalue weighted by Gasteiger charge is 2.24. The summed E-state index contributed by atoms with van der Waals surface area (Å²) >= 11 is 14.0. The topological polar surface area (TPSA) is 76.9 Å². The Bertz CT molecular complexity index is 1590. The lowest BCUT2D eigenvalue weighted by atomic mass is 10.0. The largest absolute Gasteiger partial charge is 0.266 e. The summed E-state index contributed by atoms with van der Waals surface area (Å²) in [4.78, 5) is 3.26. The van der Waals surface area contributed by atoms with E-state index in [0.29, 0.717) is 10.9 Å². The third-order valence-corrected chi connectivity index (χ3v) is 7.47. The van der Waals surface area contributed by atoms with E-state index in [9.17, 15) is 12.8 Å². The minimum absolute atomic E-state index is 0.0109. The highest BCUT2D eigenvalue weighted by atomic mass is 35.5. The van der Waals surface area contributed by atoms with Gasteiger partial charge in [0, 0.05) is 16.8 Å². The van der Waals surface area contributed by atoms with Crippen LogP contribution in [0, 0.1) is 5.82 Å². The molecule has 0 fully saturated rings. The molecule has 166 valence electrons. The molecule has 5 rings (SSSR count). The van der Waals surface area contributed by atoms with E-state index in [1.165, 1.54) is 26.9 Å². The van der Waals surface area contributed by atoms with Crippen molar-refractivity contribution in [3.05, 3.63) is 87.5 Å². The number of nitrogens with zero attached hydrogens (tertiary/aromatic N) is 3. The Labute approximate surface area is 202 Å². The molecule has 0 spiro atoms. The molecule has 0 aliphatic heterocycles. The van der Waals surface area contributed by atoms with Gasteiger partial charge in [-0.25, -0.2) is 22.5 Å². The van der Waals surface area contributed by atoms with Crippen LogP contribution in [0.4, 0.5) is 10.2 Å². The summed E-state index contributed by atoms with van der Waals surface area (Å²) in [6, 6.07) is 17.4. The summed E-state index contributed by atoms with van der Waals surface area (Å²) in [5.41, 5.74) is 4.16. The van der Waals surface area contributed by atoms with Crippen molar-refractivity contribution in [3.63, 3.8) is 0 Å². The number of fused-ring (bicyclic) bond motifs is 1. The second-order valence-corrected chi connectivity index (χ2v) is 10.1. The normalized spacial score (nSPS) is 11.7. The molecule has 5 aromatic rings. The lowest BCUT2D eigenvalue weighted by Crippen LogP contribution is -2.15. The van der Waals surface area contributed by atoms with Crippen LogP contribution in [0.15, 0.2) is 76.4 Å². The van der Waals surface area contributed by atoms with Gasteiger partial charge >= 0.3 is 0 Å². The van der Waals surface area contributed by atoms with Gasteiger partial charge in [-0.15, -0.1) is 11.3 Å². The molecule has 3 aromatic carbocycles. The Hall–Kier alpha value is -2.98. The van der Waals surface area contributed by atoms with Crippen molar-refractivity contribution in [1.82, 2.24) is 14.8 Å². The van der Waals surface area contributed by atoms with E-state index in [2.05, 4.69) is 14.8 Å². The summed E-state index contributed by atoms with van der Waals surface area (Å²) in [6.45, 7) is 0. The molecule has 0 aliphatic carbocycles. The molecule has 11 heteroatoms. The fourth-order valence-corrected chi connectivity index (χ4v) is 5.60. The Morgan fingerprint density at radius 3 is 2.52 bits per heavy atom. The fourth-order valence-electron chi connectivity index (χ4n) is 3.42. The van der Waals surface area contributed by atoms with Gasteiger partial charge < -0.3 is 0 Å². The predicted octanol–water partition coefficient (Wildman–Crippen LogP) is 6.40. The first kappa shape index (κ1) is 21.8. The smallest absolute Gasteiger partial charge is 0.263 e. The second-order valence-electron chi connectivity index (χ2n) is 7.01. The van der Waals surface area contributed by atoms with Crippen LogP contribution in [0.1, 0.15) is 0 Å². The fraction of sp³-hybridized carbons (Fsp3) is 0. The van der Waals surface area contributed by atoms with E-state index in [1.807, 2.05) is 42.5 Å². The lowest BCUT2D eigenvalue weighted by molar-refractivity contribution is 0.569. The molecule has 0 saturated carbocycles. The van der Waals surface area contributed by atoms with E-state index >= 15 is 0 Å². The zero-order chi connectivity index (χ0) is 23.2. The van der Waals surface area contributed by atoms with Crippen molar-refractivity contribution in [2.45, 2.75) is 4.90 Å². The van der Waals surface area contributed by atoms with Gasteiger partial charge in [-0.05, 0) is 29.3 Å². The molecule has 2 heterocycles. The van der Waals surface area contributed by atoms with Crippen LogP contribution in [0.3, 0.4) is 0 Å². The van der Waals surface area contributed by atoms with Crippen LogP contribution < -0.4 is 4.72 Å². The number of hydrogen-bond donors (Lipinski definition) is 1. The SMILES string of the molecule is O=S(=O)(Nc1cscn1)c1cc(Cl)c(-n2nc(Cl)c3cc(-c4ccccc4)ccc32)cc1F. The van der Waals surface area contributed by atoms with E-state index < -0.39 is 20.7 Å². The lowest BCUT2D eigenvalue weighted by Gasteiger charge is -2.11. The van der Waals surface area contributed by atoms with E-state index in [1.54, 1.807) is 6.07 Å². The summed E-state index contributed by atoms with van der Waals surface area (Å²) in [5, 5.41) is 6.65. The molecule has 2 aromatic heterocycles. The number of thiazole rings is 1. The predicted molar refractivity (Wildman–Crippen MR) is 129 cm³/mol. The number of aromatic nitrogens is 3. The first-order chi connectivity index (χ1) is 15.8. The van der Waals surface area contributed by atoms with E-state index in [4.69, 9.17) is 23.2 Å². The monoisotopic (exact) mass is 518 g/mol. The van der Waals surface area contributed by atoms with Gasteiger partial charge in [-0.3, -0.25) is 4.72 Å². The Kier molecular flexibility index (Phi) is 5.57. The third kappa shape index (κ3) is 4.08. The maximum absolute atomic E-state index is 15.0. The minimum Gasteiger partial charge on any atom is -0.263 e. The Morgan fingerprint density at radius 1 is 1.00 bits per heavy atom. The molecular weight excluding hydrogens is 506 g/mol. The summed E-state index contributed by atoms with van der Waals surface area (Å²) in [7, 11) is -4.23. The molecule has 0 amide bonds. The van der Waals surface area contributed by atoms with Crippen LogP contribution in [0.5, 0.6) is 0 Å². The minimum atomic E-state index is -4.23. The van der Waals surface area contributed by atoms with Crippen LogP contribution in [-0.2, 0) is 10.0 Å². The summed E-state index contributed by atoms with van der Waals surface area (Å²) < 4.78 is 43.8. The van der Waals surface area contributed by atoms with Crippen LogP contribution in [-0.4, -0.2) is 23.2 Å². The molecule has 0 radical (unpaired) electrons. The molecule has 0 aliphatic rings. The van der Waals surface area contributed by atoms with Crippen molar-refractivity contribution in [1.29, 1.82) is 0 Å². The third-order valence-electron chi connectivity index (χ3n) is 4.93. The van der Waals surface area contributed by atoms with Crippen LogP contribution in [0.25, 0.3) is 27.7 Å². The first-order valence-electron chi connectivity index (χ1n) is 9.47. The van der Waals surface area contributed by atoms with Crippen molar-refractivity contribution in [2.24, 2.45) is 0 Å². The first-order valence-corrected chi connectivity index (χ1v) is 12.7. The van der Waals surface area contributed by atoms with Gasteiger partial charge in [0.1, 0.15) is 10.7 Å². The van der Waals surface area contributed by atoms with Crippen molar-refractivity contribution >= 4 is 61.3 Å². The number of halogens is 3. The highest BCUT2D eigenvalue weighted by Crippen LogP contribution is 2.34. The van der Waals surface area contributed by atoms with Crippen molar-refractivity contribution < 1.29 is 12.8 Å². The van der Waals surface area contributed by atoms with Crippen molar-refractivity contribution in [2.75, 3.05) is 4.72 Å². The standard InChI is InChI=1S/C22H13Cl2FN4O2S2/c23-16-9-20(33(30,31)28-21-11-32-12-26-21)17(25)10-19(16)29-18-7-6-14(8-15(18)22(24)27-29)13-4-2-1-3-5-13/h1-12,28H. The molecule has 6 nitrogen and oxygen atoms in total. The van der Waals surface area contributed by atoms with Gasteiger partial charge in [0.2, 0.25) is 0 Å². The van der Waals surface area contributed by atoms with Gasteiger partial charge in [-0.2, -0.15) is 5.10 Å². The molecule has 0 bridgehead atoms. The second kappa shape index (κ2) is 8.42. The average molecular weight is 519 g/mol. The van der Waals surface area contributed by atoms with Gasteiger partial charge in [0.25, 0.3) is 10.0 Å².